The molecule has 9 heteroatoms. The Balaban J connectivity index is 1.54. The van der Waals surface area contributed by atoms with Crippen molar-refractivity contribution in [3.8, 4) is 0 Å². The van der Waals surface area contributed by atoms with Crippen LogP contribution < -0.4 is 15.8 Å². The Morgan fingerprint density at radius 3 is 2.63 bits per heavy atom. The summed E-state index contributed by atoms with van der Waals surface area (Å²) < 4.78 is 18.2. The number of hydrazine groups is 1. The molecule has 7 nitrogen and oxygen atoms in total. The summed E-state index contributed by atoms with van der Waals surface area (Å²) in [6, 6.07) is 5.80. The van der Waals surface area contributed by atoms with Crippen molar-refractivity contribution in [2.24, 2.45) is 0 Å². The molecule has 1 aromatic carbocycles. The van der Waals surface area contributed by atoms with Gasteiger partial charge < -0.3 is 9.64 Å². The van der Waals surface area contributed by atoms with Gasteiger partial charge in [0.05, 0.1) is 13.2 Å². The molecule has 1 saturated heterocycles. The van der Waals surface area contributed by atoms with Gasteiger partial charge >= 0.3 is 0 Å². The molecule has 27 heavy (non-hydrogen) atoms. The van der Waals surface area contributed by atoms with Crippen LogP contribution >= 0.6 is 11.3 Å². The van der Waals surface area contributed by atoms with E-state index in [1.807, 2.05) is 0 Å². The van der Waals surface area contributed by atoms with Crippen LogP contribution in [0.3, 0.4) is 0 Å². The van der Waals surface area contributed by atoms with Crippen molar-refractivity contribution in [1.29, 1.82) is 0 Å². The van der Waals surface area contributed by atoms with E-state index >= 15 is 0 Å². The van der Waals surface area contributed by atoms with Crippen LogP contribution in [0.4, 0.5) is 9.52 Å². The zero-order valence-electron chi connectivity index (χ0n) is 14.7. The lowest BCUT2D eigenvalue weighted by atomic mass is 10.1. The van der Waals surface area contributed by atoms with Crippen molar-refractivity contribution in [3.05, 3.63) is 52.8 Å². The zero-order valence-corrected chi connectivity index (χ0v) is 15.5. The van der Waals surface area contributed by atoms with Crippen molar-refractivity contribution < 1.29 is 18.7 Å². The van der Waals surface area contributed by atoms with E-state index in [9.17, 15) is 14.0 Å². The summed E-state index contributed by atoms with van der Waals surface area (Å²) in [7, 11) is 0. The highest BCUT2D eigenvalue weighted by Gasteiger charge is 2.17. The molecule has 1 aliphatic rings. The molecule has 2 heterocycles. The van der Waals surface area contributed by atoms with Crippen molar-refractivity contribution in [3.63, 3.8) is 0 Å². The molecule has 0 radical (unpaired) electrons. The molecule has 1 aliphatic heterocycles. The molecule has 0 saturated carbocycles. The highest BCUT2D eigenvalue weighted by Crippen LogP contribution is 2.21. The number of morpholine rings is 1. The first-order valence-electron chi connectivity index (χ1n) is 8.36. The largest absolute Gasteiger partial charge is 0.378 e. The summed E-state index contributed by atoms with van der Waals surface area (Å²) in [5.74, 6) is -1.33. The molecule has 0 atom stereocenters. The van der Waals surface area contributed by atoms with Crippen LogP contribution in [-0.2, 0) is 9.53 Å². The van der Waals surface area contributed by atoms with E-state index in [1.54, 1.807) is 24.4 Å². The van der Waals surface area contributed by atoms with E-state index in [0.29, 0.717) is 24.4 Å². The van der Waals surface area contributed by atoms with Crippen LogP contribution in [0.2, 0.25) is 0 Å². The topological polar surface area (TPSA) is 83.6 Å². The number of carbonyl (C=O) groups is 2. The van der Waals surface area contributed by atoms with E-state index in [0.717, 1.165) is 18.2 Å². The zero-order chi connectivity index (χ0) is 19.2. The van der Waals surface area contributed by atoms with Gasteiger partial charge in [-0.15, -0.1) is 11.3 Å². The number of carbonyl (C=O) groups excluding carboxylic acids is 2. The molecule has 0 unspecified atom stereocenters. The Bertz CT molecular complexity index is 845. The number of ether oxygens (including phenoxy) is 1. The van der Waals surface area contributed by atoms with Crippen LogP contribution in [-0.4, -0.2) is 43.1 Å². The molecule has 3 rings (SSSR count). The van der Waals surface area contributed by atoms with Gasteiger partial charge in [0, 0.05) is 24.5 Å². The van der Waals surface area contributed by atoms with Gasteiger partial charge in [0.2, 0.25) is 0 Å². The molecule has 1 aromatic heterocycles. The number of amides is 2. The van der Waals surface area contributed by atoms with E-state index < -0.39 is 11.8 Å². The maximum Gasteiger partial charge on any atom is 0.289 e. The number of nitrogens with zero attached hydrogens (tertiary/aromatic N) is 2. The summed E-state index contributed by atoms with van der Waals surface area (Å²) in [4.78, 5) is 30.5. The van der Waals surface area contributed by atoms with Gasteiger partial charge in [-0.2, -0.15) is 0 Å². The van der Waals surface area contributed by atoms with Gasteiger partial charge in [0.1, 0.15) is 11.5 Å². The second-order valence-electron chi connectivity index (χ2n) is 5.89. The number of anilines is 1. The third-order valence-electron chi connectivity index (χ3n) is 3.95. The van der Waals surface area contributed by atoms with Crippen LogP contribution in [0.1, 0.15) is 23.0 Å². The highest BCUT2D eigenvalue weighted by atomic mass is 32.1. The minimum absolute atomic E-state index is 0.237. The van der Waals surface area contributed by atoms with Gasteiger partial charge in [-0.3, -0.25) is 20.4 Å². The predicted molar refractivity (Wildman–Crippen MR) is 101 cm³/mol. The summed E-state index contributed by atoms with van der Waals surface area (Å²) in [5, 5.41) is 2.40. The first-order valence-corrected chi connectivity index (χ1v) is 9.23. The number of nitrogens with one attached hydrogen (secondary N) is 2. The SMILES string of the molecule is C/C(=C/C(=O)NNC(=O)c1csc(N2CCOCC2)n1)c1ccc(F)cc1. The van der Waals surface area contributed by atoms with Crippen molar-refractivity contribution in [2.75, 3.05) is 31.2 Å². The highest BCUT2D eigenvalue weighted by molar-refractivity contribution is 7.13. The molecule has 2 aromatic rings. The lowest BCUT2D eigenvalue weighted by Crippen LogP contribution is -2.41. The Morgan fingerprint density at radius 2 is 1.93 bits per heavy atom. The Morgan fingerprint density at radius 1 is 1.22 bits per heavy atom. The summed E-state index contributed by atoms with van der Waals surface area (Å²) >= 11 is 1.37. The number of rotatable bonds is 4. The molecule has 0 spiro atoms. The van der Waals surface area contributed by atoms with Crippen LogP contribution in [0.25, 0.3) is 5.57 Å². The predicted octanol–water partition coefficient (Wildman–Crippen LogP) is 1.98. The van der Waals surface area contributed by atoms with Crippen molar-refractivity contribution >= 4 is 33.9 Å². The lowest BCUT2D eigenvalue weighted by molar-refractivity contribution is -0.117. The fraction of sp³-hybridized carbons (Fsp3) is 0.278. The normalized spacial score (nSPS) is 14.7. The van der Waals surface area contributed by atoms with E-state index in [2.05, 4.69) is 20.7 Å². The maximum atomic E-state index is 12.9. The molecule has 1 fully saturated rings. The van der Waals surface area contributed by atoms with Gasteiger partial charge in [-0.1, -0.05) is 12.1 Å². The lowest BCUT2D eigenvalue weighted by Gasteiger charge is -2.25. The van der Waals surface area contributed by atoms with E-state index in [1.165, 1.54) is 29.5 Å². The van der Waals surface area contributed by atoms with Crippen molar-refractivity contribution in [1.82, 2.24) is 15.8 Å². The molecular formula is C18H19FN4O3S. The second kappa shape index (κ2) is 8.74. The Labute approximate surface area is 159 Å². The van der Waals surface area contributed by atoms with E-state index in [4.69, 9.17) is 4.74 Å². The molecule has 142 valence electrons. The number of benzene rings is 1. The third kappa shape index (κ3) is 5.11. The van der Waals surface area contributed by atoms with Crippen molar-refractivity contribution in [2.45, 2.75) is 6.92 Å². The summed E-state index contributed by atoms with van der Waals surface area (Å²) in [6.45, 7) is 4.47. The van der Waals surface area contributed by atoms with E-state index in [-0.39, 0.29) is 11.5 Å². The summed E-state index contributed by atoms with van der Waals surface area (Å²) in [5.41, 5.74) is 6.26. The van der Waals surface area contributed by atoms with Gasteiger partial charge in [-0.05, 0) is 30.2 Å². The smallest absolute Gasteiger partial charge is 0.289 e. The van der Waals surface area contributed by atoms with Gasteiger partial charge in [0.25, 0.3) is 11.8 Å². The second-order valence-corrected chi connectivity index (χ2v) is 6.73. The molecule has 0 bridgehead atoms. The first kappa shape index (κ1) is 19.0. The van der Waals surface area contributed by atoms with Gasteiger partial charge in [0.15, 0.2) is 5.13 Å². The fourth-order valence-electron chi connectivity index (χ4n) is 2.48. The first-order chi connectivity index (χ1) is 13.0. The molecule has 2 N–H and O–H groups in total. The number of aromatic nitrogens is 1. The molecule has 2 amide bonds. The fourth-order valence-corrected chi connectivity index (χ4v) is 3.34. The van der Waals surface area contributed by atoms with Crippen LogP contribution in [0.5, 0.6) is 0 Å². The van der Waals surface area contributed by atoms with Crippen LogP contribution in [0.15, 0.2) is 35.7 Å². The Kier molecular flexibility index (Phi) is 6.15. The number of thiazole rings is 1. The standard InChI is InChI=1S/C18H19FN4O3S/c1-12(13-2-4-14(19)5-3-13)10-16(24)21-22-17(25)15-11-27-18(20-15)23-6-8-26-9-7-23/h2-5,10-11H,6-9H2,1H3,(H,21,24)(H,22,25)/b12-10-. The number of hydrogen-bond acceptors (Lipinski definition) is 6. The average molecular weight is 390 g/mol. The number of hydrogen-bond donors (Lipinski definition) is 2. The number of allylic oxidation sites excluding steroid dienone is 1. The monoisotopic (exact) mass is 390 g/mol. The minimum Gasteiger partial charge on any atom is -0.378 e. The quantitative estimate of drug-likeness (QED) is 0.616. The van der Waals surface area contributed by atoms with Crippen LogP contribution in [0, 0.1) is 5.82 Å². The minimum atomic E-state index is -0.494. The van der Waals surface area contributed by atoms with Gasteiger partial charge in [-0.25, -0.2) is 9.37 Å². The maximum absolute atomic E-state index is 12.9. The Hall–Kier alpha value is -2.78. The number of halogens is 1. The average Bonchev–Trinajstić information content (AvgIpc) is 3.17. The summed E-state index contributed by atoms with van der Waals surface area (Å²) in [6.07, 6.45) is 1.33. The molecule has 0 aliphatic carbocycles. The molecular weight excluding hydrogens is 371 g/mol. The third-order valence-corrected chi connectivity index (χ3v) is 4.85.